The van der Waals surface area contributed by atoms with Gasteiger partial charge in [-0.05, 0) is 31.0 Å². The first-order valence-corrected chi connectivity index (χ1v) is 12.9. The van der Waals surface area contributed by atoms with E-state index in [0.29, 0.717) is 18.4 Å². The van der Waals surface area contributed by atoms with Crippen molar-refractivity contribution in [1.29, 1.82) is 0 Å². The fourth-order valence-corrected chi connectivity index (χ4v) is 6.25. The Kier molecular flexibility index (Phi) is 8.12. The van der Waals surface area contributed by atoms with Crippen LogP contribution in [0.4, 0.5) is 8.78 Å². The average Bonchev–Trinajstić information content (AvgIpc) is 2.81. The smallest absolute Gasteiger partial charge is 0.246 e. The lowest BCUT2D eigenvalue weighted by molar-refractivity contribution is -0.146. The SMILES string of the molecule is O=C(C[C@H]1CC[C@@H]2[C@H](COC[C@H](O)CN2S(=O)(=O)c2ccccc2F)O1)NCc1ccccc1F. The number of fused-ring (bicyclic) bond motifs is 1. The zero-order valence-corrected chi connectivity index (χ0v) is 19.8. The number of carbonyl (C=O) groups excluding carboxylic acids is 1. The number of hydrogen-bond donors (Lipinski definition) is 2. The predicted molar refractivity (Wildman–Crippen MR) is 122 cm³/mol. The standard InChI is InChI=1S/C24H28F2N2O6S/c25-19-6-2-1-5-16(19)12-27-24(30)11-18-9-10-21-22(34-18)15-33-14-17(29)13-28(21)35(31,32)23-8-4-3-7-20(23)26/h1-8,17-18,21-22,29H,9-15H2,(H,27,30)/t17-,18-,21-,22+/m1/s1. The van der Waals surface area contributed by atoms with E-state index in [0.717, 1.165) is 10.4 Å². The molecule has 2 aromatic carbocycles. The number of ether oxygens (including phenoxy) is 2. The lowest BCUT2D eigenvalue weighted by Crippen LogP contribution is -2.57. The van der Waals surface area contributed by atoms with E-state index in [9.17, 15) is 27.1 Å². The molecule has 2 heterocycles. The summed E-state index contributed by atoms with van der Waals surface area (Å²) in [7, 11) is -4.27. The highest BCUT2D eigenvalue weighted by Gasteiger charge is 2.43. The molecular formula is C24H28F2N2O6S. The van der Waals surface area contributed by atoms with Gasteiger partial charge in [-0.2, -0.15) is 4.31 Å². The van der Waals surface area contributed by atoms with Gasteiger partial charge in [0.25, 0.3) is 0 Å². The van der Waals surface area contributed by atoms with E-state index in [1.54, 1.807) is 18.2 Å². The van der Waals surface area contributed by atoms with Gasteiger partial charge in [-0.15, -0.1) is 0 Å². The molecule has 190 valence electrons. The summed E-state index contributed by atoms with van der Waals surface area (Å²) in [6.45, 7) is -0.322. The first-order chi connectivity index (χ1) is 16.8. The fraction of sp³-hybridized carbons (Fsp3) is 0.458. The Morgan fingerprint density at radius 3 is 2.51 bits per heavy atom. The first-order valence-electron chi connectivity index (χ1n) is 11.4. The Bertz CT molecular complexity index is 1150. The predicted octanol–water partition coefficient (Wildman–Crippen LogP) is 1.97. The summed E-state index contributed by atoms with van der Waals surface area (Å²) in [4.78, 5) is 12.0. The van der Waals surface area contributed by atoms with Crippen molar-refractivity contribution in [3.63, 3.8) is 0 Å². The van der Waals surface area contributed by atoms with Crippen LogP contribution in [-0.4, -0.2) is 67.8 Å². The van der Waals surface area contributed by atoms with E-state index in [-0.39, 0.29) is 38.6 Å². The average molecular weight is 511 g/mol. The second kappa shape index (κ2) is 11.1. The largest absolute Gasteiger partial charge is 0.389 e. The Hall–Kier alpha value is -2.44. The van der Waals surface area contributed by atoms with Crippen LogP contribution in [0.3, 0.4) is 0 Å². The molecule has 35 heavy (non-hydrogen) atoms. The summed E-state index contributed by atoms with van der Waals surface area (Å²) in [6, 6.07) is 10.5. The third-order valence-corrected chi connectivity index (χ3v) is 8.13. The highest BCUT2D eigenvalue weighted by molar-refractivity contribution is 7.89. The van der Waals surface area contributed by atoms with Gasteiger partial charge >= 0.3 is 0 Å². The summed E-state index contributed by atoms with van der Waals surface area (Å²) in [6.07, 6.45) is -1.57. The minimum absolute atomic E-state index is 0.0123. The molecule has 4 rings (SSSR count). The van der Waals surface area contributed by atoms with Crippen LogP contribution in [0.2, 0.25) is 0 Å². The number of aliphatic hydroxyl groups is 1. The van der Waals surface area contributed by atoms with Crippen LogP contribution in [-0.2, 0) is 30.8 Å². The molecule has 2 saturated heterocycles. The number of aliphatic hydroxyl groups excluding tert-OH is 1. The number of hydrogen-bond acceptors (Lipinski definition) is 6. The molecule has 0 aliphatic carbocycles. The third kappa shape index (κ3) is 6.04. The summed E-state index contributed by atoms with van der Waals surface area (Å²) < 4.78 is 67.5. The maximum absolute atomic E-state index is 14.4. The Labute approximate surface area is 202 Å². The first kappa shape index (κ1) is 25.6. The van der Waals surface area contributed by atoms with Crippen molar-refractivity contribution in [3.05, 3.63) is 65.7 Å². The molecule has 2 fully saturated rings. The van der Waals surface area contributed by atoms with E-state index in [1.807, 2.05) is 0 Å². The summed E-state index contributed by atoms with van der Waals surface area (Å²) in [5.41, 5.74) is 0.367. The van der Waals surface area contributed by atoms with Gasteiger partial charge in [-0.3, -0.25) is 4.79 Å². The topological polar surface area (TPSA) is 105 Å². The zero-order valence-electron chi connectivity index (χ0n) is 19.0. The van der Waals surface area contributed by atoms with Gasteiger partial charge in [0, 0.05) is 18.7 Å². The van der Waals surface area contributed by atoms with Gasteiger partial charge in [-0.25, -0.2) is 17.2 Å². The van der Waals surface area contributed by atoms with Crippen LogP contribution in [0.5, 0.6) is 0 Å². The molecule has 2 aliphatic rings. The van der Waals surface area contributed by atoms with Gasteiger partial charge in [0.2, 0.25) is 15.9 Å². The Morgan fingerprint density at radius 2 is 1.77 bits per heavy atom. The van der Waals surface area contributed by atoms with E-state index in [1.165, 1.54) is 24.3 Å². The van der Waals surface area contributed by atoms with Crippen LogP contribution >= 0.6 is 0 Å². The second-order valence-electron chi connectivity index (χ2n) is 8.71. The molecule has 0 aromatic heterocycles. The van der Waals surface area contributed by atoms with Crippen LogP contribution in [0.25, 0.3) is 0 Å². The van der Waals surface area contributed by atoms with Gasteiger partial charge in [0.1, 0.15) is 16.5 Å². The summed E-state index contributed by atoms with van der Waals surface area (Å²) in [5.74, 6) is -1.61. The van der Waals surface area contributed by atoms with Gasteiger partial charge in [-0.1, -0.05) is 30.3 Å². The lowest BCUT2D eigenvalue weighted by atomic mass is 9.96. The monoisotopic (exact) mass is 510 g/mol. The van der Waals surface area contributed by atoms with Gasteiger partial charge in [0.05, 0.1) is 44.0 Å². The number of nitrogens with zero attached hydrogens (tertiary/aromatic N) is 1. The number of halogens is 2. The van der Waals surface area contributed by atoms with Crippen LogP contribution in [0.1, 0.15) is 24.8 Å². The highest BCUT2D eigenvalue weighted by atomic mass is 32.2. The van der Waals surface area contributed by atoms with Crippen LogP contribution in [0.15, 0.2) is 53.4 Å². The number of rotatable bonds is 6. The molecule has 0 unspecified atom stereocenters. The molecule has 0 radical (unpaired) electrons. The van der Waals surface area contributed by atoms with E-state index < -0.39 is 50.9 Å². The molecule has 8 nitrogen and oxygen atoms in total. The number of amides is 1. The fourth-order valence-electron chi connectivity index (χ4n) is 4.47. The molecule has 2 aromatic rings. The van der Waals surface area contributed by atoms with Gasteiger partial charge in [0.15, 0.2) is 0 Å². The number of β-amino-alcohol motifs (C(OH)–C–C–N with tert-alkyl or cyclic N) is 1. The molecular weight excluding hydrogens is 482 g/mol. The van der Waals surface area contributed by atoms with Crippen LogP contribution in [0, 0.1) is 11.6 Å². The molecule has 2 aliphatic heterocycles. The molecule has 1 amide bonds. The minimum Gasteiger partial charge on any atom is -0.389 e. The number of sulfonamides is 1. The molecule has 0 bridgehead atoms. The summed E-state index contributed by atoms with van der Waals surface area (Å²) >= 11 is 0. The van der Waals surface area contributed by atoms with Crippen molar-refractivity contribution >= 4 is 15.9 Å². The Morgan fingerprint density at radius 1 is 1.06 bits per heavy atom. The van der Waals surface area contributed by atoms with Crippen molar-refractivity contribution in [2.45, 2.75) is 55.1 Å². The minimum atomic E-state index is -4.27. The number of benzene rings is 2. The van der Waals surface area contributed by atoms with Crippen molar-refractivity contribution < 1.29 is 36.6 Å². The molecule has 0 spiro atoms. The van der Waals surface area contributed by atoms with Gasteiger partial charge < -0.3 is 19.9 Å². The Balaban J connectivity index is 1.44. The van der Waals surface area contributed by atoms with Crippen molar-refractivity contribution in [1.82, 2.24) is 9.62 Å². The number of carbonyl (C=O) groups is 1. The second-order valence-corrected chi connectivity index (χ2v) is 10.6. The summed E-state index contributed by atoms with van der Waals surface area (Å²) in [5, 5.41) is 12.9. The maximum atomic E-state index is 14.4. The van der Waals surface area contributed by atoms with E-state index >= 15 is 0 Å². The lowest BCUT2D eigenvalue weighted by Gasteiger charge is -2.43. The van der Waals surface area contributed by atoms with Crippen molar-refractivity contribution in [2.75, 3.05) is 19.8 Å². The molecule has 4 atom stereocenters. The zero-order chi connectivity index (χ0) is 25.0. The normalized spacial score (nSPS) is 25.8. The quantitative estimate of drug-likeness (QED) is 0.616. The molecule has 11 heteroatoms. The molecule has 0 saturated carbocycles. The van der Waals surface area contributed by atoms with Crippen molar-refractivity contribution in [3.8, 4) is 0 Å². The maximum Gasteiger partial charge on any atom is 0.246 e. The number of nitrogens with one attached hydrogen (secondary N) is 1. The molecule has 2 N–H and O–H groups in total. The third-order valence-electron chi connectivity index (χ3n) is 6.20. The highest BCUT2D eigenvalue weighted by Crippen LogP contribution is 2.32. The van der Waals surface area contributed by atoms with Crippen molar-refractivity contribution in [2.24, 2.45) is 0 Å². The van der Waals surface area contributed by atoms with Crippen LogP contribution < -0.4 is 5.32 Å². The van der Waals surface area contributed by atoms with E-state index in [2.05, 4.69) is 5.32 Å². The van der Waals surface area contributed by atoms with E-state index in [4.69, 9.17) is 9.47 Å².